The topological polar surface area (TPSA) is 29.1 Å². The molecule has 4 nitrogen and oxygen atoms in total. The van der Waals surface area contributed by atoms with Gasteiger partial charge in [-0.2, -0.15) is 4.57 Å². The van der Waals surface area contributed by atoms with E-state index in [-0.39, 0.29) is 18.0 Å². The summed E-state index contributed by atoms with van der Waals surface area (Å²) in [6, 6.07) is 15.0. The second-order valence-corrected chi connectivity index (χ2v) is 11.2. The molecule has 0 unspecified atom stereocenters. The smallest absolute Gasteiger partial charge is 0.271 e. The maximum absolute atomic E-state index is 13.4. The van der Waals surface area contributed by atoms with Gasteiger partial charge < -0.3 is 17.3 Å². The Bertz CT molecular complexity index is 1530. The Balaban J connectivity index is 0.00000274. The number of aryl methyl sites for hydroxylation is 2. The van der Waals surface area contributed by atoms with E-state index >= 15 is 0 Å². The van der Waals surface area contributed by atoms with E-state index in [1.165, 1.54) is 21.6 Å². The summed E-state index contributed by atoms with van der Waals surface area (Å²) in [5.74, 6) is 0. The number of nitrogens with zero attached hydrogens (tertiary/aromatic N) is 3. The number of anilines is 1. The maximum Gasteiger partial charge on any atom is 0.271 e. The van der Waals surface area contributed by atoms with Crippen LogP contribution in [0.5, 0.6) is 0 Å². The summed E-state index contributed by atoms with van der Waals surface area (Å²) in [6.07, 6.45) is 4.29. The lowest BCUT2D eigenvalue weighted by atomic mass is 10.1. The van der Waals surface area contributed by atoms with E-state index in [1.54, 1.807) is 34.4 Å². The lowest BCUT2D eigenvalue weighted by Crippen LogP contribution is -3.00. The second kappa shape index (κ2) is 10.1. The van der Waals surface area contributed by atoms with Gasteiger partial charge in [-0.25, -0.2) is 0 Å². The molecule has 0 atom stereocenters. The van der Waals surface area contributed by atoms with Crippen LogP contribution >= 0.6 is 34.4 Å². The van der Waals surface area contributed by atoms with Gasteiger partial charge in [0.1, 0.15) is 14.2 Å². The molecule has 3 heterocycles. The highest BCUT2D eigenvalue weighted by Crippen LogP contribution is 2.45. The maximum atomic E-state index is 13.4. The van der Waals surface area contributed by atoms with E-state index in [0.717, 1.165) is 31.5 Å². The first-order valence-corrected chi connectivity index (χ1v) is 13.5. The van der Waals surface area contributed by atoms with Crippen LogP contribution in [-0.4, -0.2) is 11.6 Å². The summed E-state index contributed by atoms with van der Waals surface area (Å²) < 4.78 is 5.96. The largest absolute Gasteiger partial charge is 1.00 e. The molecular formula is C26H26ClN3OS3. The molecule has 2 aromatic carbocycles. The Morgan fingerprint density at radius 1 is 1.12 bits per heavy atom. The van der Waals surface area contributed by atoms with Gasteiger partial charge in [-0.05, 0) is 44.0 Å². The third kappa shape index (κ3) is 4.50. The fourth-order valence-corrected chi connectivity index (χ4v) is 7.48. The van der Waals surface area contributed by atoms with Gasteiger partial charge >= 0.3 is 0 Å². The summed E-state index contributed by atoms with van der Waals surface area (Å²) >= 11 is 4.99. The zero-order valence-corrected chi connectivity index (χ0v) is 22.7. The number of rotatable bonds is 4. The molecule has 176 valence electrons. The quantitative estimate of drug-likeness (QED) is 0.372. The van der Waals surface area contributed by atoms with Crippen molar-refractivity contribution in [2.45, 2.75) is 38.8 Å². The van der Waals surface area contributed by atoms with Crippen LogP contribution in [0.2, 0.25) is 0 Å². The molecule has 2 aromatic heterocycles. The average molecular weight is 528 g/mol. The molecule has 1 aliphatic rings. The predicted octanol–water partition coefficient (Wildman–Crippen LogP) is 1.08. The van der Waals surface area contributed by atoms with Crippen molar-refractivity contribution in [1.29, 1.82) is 0 Å². The van der Waals surface area contributed by atoms with E-state index in [2.05, 4.69) is 90.5 Å². The Morgan fingerprint density at radius 2 is 1.91 bits per heavy atom. The predicted molar refractivity (Wildman–Crippen MR) is 141 cm³/mol. The van der Waals surface area contributed by atoms with Gasteiger partial charge in [0.2, 0.25) is 0 Å². The highest BCUT2D eigenvalue weighted by Gasteiger charge is 2.25. The first-order chi connectivity index (χ1) is 16.0. The summed E-state index contributed by atoms with van der Waals surface area (Å²) in [5.41, 5.74) is 5.09. The molecule has 0 N–H and O–H groups in total. The molecule has 0 saturated heterocycles. The Morgan fingerprint density at radius 3 is 2.68 bits per heavy atom. The Labute approximate surface area is 217 Å². The average Bonchev–Trinajstić information content (AvgIpc) is 3.46. The number of hydrogen-bond donors (Lipinski definition) is 0. The number of thiazole rings is 2. The number of aromatic nitrogens is 2. The van der Waals surface area contributed by atoms with Crippen molar-refractivity contribution in [3.8, 4) is 0 Å². The molecule has 5 rings (SSSR count). The molecule has 0 amide bonds. The van der Waals surface area contributed by atoms with Gasteiger partial charge in [0, 0.05) is 24.1 Å². The minimum Gasteiger partial charge on any atom is -1.00 e. The van der Waals surface area contributed by atoms with Crippen LogP contribution < -0.4 is 36.6 Å². The lowest BCUT2D eigenvalue weighted by Gasteiger charge is -2.12. The number of fused-ring (bicyclic) bond motifs is 1. The molecule has 0 saturated carbocycles. The Hall–Kier alpha value is -2.32. The SMILES string of the molecule is CCn1c(=O)/c(=C2\Sc3cc(C)ccc3N2C)s/c1=C\c1scc[n+]1Cc1ccccc1C.[Cl-]. The van der Waals surface area contributed by atoms with Gasteiger partial charge in [0.25, 0.3) is 10.6 Å². The van der Waals surface area contributed by atoms with Crippen LogP contribution in [0.25, 0.3) is 11.1 Å². The molecule has 4 aromatic rings. The monoisotopic (exact) mass is 527 g/mol. The molecule has 0 spiro atoms. The molecule has 1 aliphatic heterocycles. The van der Waals surface area contributed by atoms with E-state index in [0.29, 0.717) is 6.54 Å². The van der Waals surface area contributed by atoms with Crippen LogP contribution in [0.4, 0.5) is 5.69 Å². The van der Waals surface area contributed by atoms with Crippen molar-refractivity contribution < 1.29 is 17.0 Å². The number of hydrogen-bond acceptors (Lipinski definition) is 5. The van der Waals surface area contributed by atoms with Gasteiger partial charge in [0.15, 0.2) is 12.7 Å². The van der Waals surface area contributed by atoms with Crippen LogP contribution in [0, 0.1) is 13.8 Å². The minimum absolute atomic E-state index is 0. The number of benzene rings is 2. The van der Waals surface area contributed by atoms with E-state index < -0.39 is 0 Å². The summed E-state index contributed by atoms with van der Waals surface area (Å²) in [4.78, 5) is 16.8. The van der Waals surface area contributed by atoms with E-state index in [1.807, 2.05) is 11.5 Å². The van der Waals surface area contributed by atoms with Gasteiger partial charge in [0.05, 0.1) is 17.1 Å². The lowest BCUT2D eigenvalue weighted by molar-refractivity contribution is -0.685. The zero-order chi connectivity index (χ0) is 23.1. The van der Waals surface area contributed by atoms with E-state index in [4.69, 9.17) is 0 Å². The van der Waals surface area contributed by atoms with Crippen molar-refractivity contribution in [2.75, 3.05) is 11.9 Å². The second-order valence-electron chi connectivity index (χ2n) is 8.20. The van der Waals surface area contributed by atoms with Crippen molar-refractivity contribution in [1.82, 2.24) is 4.57 Å². The molecule has 8 heteroatoms. The van der Waals surface area contributed by atoms with Crippen molar-refractivity contribution >= 4 is 51.2 Å². The molecule has 0 aliphatic carbocycles. The van der Waals surface area contributed by atoms with Crippen LogP contribution in [0.15, 0.2) is 63.7 Å². The van der Waals surface area contributed by atoms with E-state index in [9.17, 15) is 4.79 Å². The van der Waals surface area contributed by atoms with Crippen LogP contribution in [0.1, 0.15) is 28.6 Å². The Kier molecular flexibility index (Phi) is 7.38. The highest BCUT2D eigenvalue weighted by molar-refractivity contribution is 8.08. The molecule has 0 radical (unpaired) electrons. The molecule has 0 fully saturated rings. The number of halogens is 1. The summed E-state index contributed by atoms with van der Waals surface area (Å²) in [6.45, 7) is 7.77. The van der Waals surface area contributed by atoms with Gasteiger partial charge in [-0.1, -0.05) is 53.4 Å². The fourth-order valence-electron chi connectivity index (χ4n) is 4.07. The normalized spacial score (nSPS) is 14.9. The molecular weight excluding hydrogens is 502 g/mol. The standard InChI is InChI=1S/C26H26N3OS3.ClH/c1-5-29-23(15-22-28(12-13-31-22)16-19-9-7-6-8-18(19)3)33-24(25(29)30)26-27(4)20-11-10-17(2)14-21(20)32-26;/h6-15H,5,16H2,1-4H3;1H/q+1;/p-1/b26-24+;. The van der Waals surface area contributed by atoms with Gasteiger partial charge in [-0.3, -0.25) is 9.36 Å². The van der Waals surface area contributed by atoms with Crippen molar-refractivity contribution in [3.05, 3.63) is 95.3 Å². The third-order valence-corrected chi connectivity index (χ3v) is 9.29. The summed E-state index contributed by atoms with van der Waals surface area (Å²) in [5, 5.41) is 4.28. The van der Waals surface area contributed by atoms with Crippen molar-refractivity contribution in [3.63, 3.8) is 0 Å². The fraction of sp³-hybridized carbons (Fsp3) is 0.231. The minimum atomic E-state index is 0. The zero-order valence-electron chi connectivity index (χ0n) is 19.5. The number of thioether (sulfide) groups is 1. The highest BCUT2D eigenvalue weighted by atomic mass is 35.5. The first-order valence-electron chi connectivity index (χ1n) is 11.0. The summed E-state index contributed by atoms with van der Waals surface area (Å²) in [7, 11) is 2.05. The first kappa shape index (κ1) is 24.8. The molecule has 34 heavy (non-hydrogen) atoms. The molecule has 0 bridgehead atoms. The van der Waals surface area contributed by atoms with Gasteiger partial charge in [-0.15, -0.1) is 11.3 Å². The van der Waals surface area contributed by atoms with Crippen LogP contribution in [-0.2, 0) is 13.1 Å². The van der Waals surface area contributed by atoms with Crippen LogP contribution in [0.3, 0.4) is 0 Å². The van der Waals surface area contributed by atoms with Crippen molar-refractivity contribution in [2.24, 2.45) is 0 Å². The third-order valence-electron chi connectivity index (χ3n) is 5.97.